The van der Waals surface area contributed by atoms with E-state index in [-0.39, 0.29) is 11.7 Å². The van der Waals surface area contributed by atoms with Gasteiger partial charge in [-0.25, -0.2) is 10.1 Å². The second-order valence-corrected chi connectivity index (χ2v) is 6.79. The number of hydrogen-bond donors (Lipinski definition) is 2. The van der Waals surface area contributed by atoms with Crippen molar-refractivity contribution in [3.63, 3.8) is 0 Å². The minimum absolute atomic E-state index is 0.0562. The van der Waals surface area contributed by atoms with Gasteiger partial charge in [-0.3, -0.25) is 9.20 Å². The number of anilines is 1. The molecule has 2 aromatic heterocycles. The maximum Gasteiger partial charge on any atom is 0.234 e. The van der Waals surface area contributed by atoms with E-state index in [0.29, 0.717) is 5.78 Å². The minimum atomic E-state index is -0.0562. The Labute approximate surface area is 148 Å². The van der Waals surface area contributed by atoms with Crippen LogP contribution in [0, 0.1) is 13.8 Å². The zero-order valence-electron chi connectivity index (χ0n) is 13.9. The number of nitrogens with one attached hydrogen (secondary N) is 2. The number of aromatic amines is 1. The Balaban J connectivity index is 1.52. The number of rotatable bonds is 4. The predicted octanol–water partition coefficient (Wildman–Crippen LogP) is 3.56. The summed E-state index contributed by atoms with van der Waals surface area (Å²) in [4.78, 5) is 16.8. The fourth-order valence-corrected chi connectivity index (χ4v) is 3.50. The molecule has 0 saturated heterocycles. The van der Waals surface area contributed by atoms with E-state index in [1.165, 1.54) is 11.8 Å². The van der Waals surface area contributed by atoms with Gasteiger partial charge in [0.1, 0.15) is 0 Å². The standard InChI is InChI=1S/C18H17N5OS/c1-11-6-5-8-13(12(11)2)19-16(24)10-25-18-22-21-17-20-14-7-3-4-9-15(14)23(17)18/h3-9H,10H2,1-2H3,(H,19,24)(H,20,21). The number of nitrogens with zero attached hydrogens (tertiary/aromatic N) is 3. The lowest BCUT2D eigenvalue weighted by Crippen LogP contribution is -2.15. The number of fused-ring (bicyclic) bond motifs is 3. The molecule has 0 unspecified atom stereocenters. The topological polar surface area (TPSA) is 75.1 Å². The smallest absolute Gasteiger partial charge is 0.234 e. The zero-order valence-corrected chi connectivity index (χ0v) is 14.7. The highest BCUT2D eigenvalue weighted by atomic mass is 32.2. The monoisotopic (exact) mass is 351 g/mol. The minimum Gasteiger partial charge on any atom is -0.325 e. The number of H-pyrrole nitrogens is 1. The van der Waals surface area contributed by atoms with Crippen LogP contribution in [0.1, 0.15) is 11.1 Å². The zero-order chi connectivity index (χ0) is 17.4. The van der Waals surface area contributed by atoms with Crippen LogP contribution in [0.15, 0.2) is 47.6 Å². The first-order valence-electron chi connectivity index (χ1n) is 7.94. The van der Waals surface area contributed by atoms with Gasteiger partial charge in [-0.2, -0.15) is 0 Å². The number of thioether (sulfide) groups is 1. The number of carbonyl (C=O) groups excluding carboxylic acids is 1. The van der Waals surface area contributed by atoms with E-state index in [1.54, 1.807) is 0 Å². The fraction of sp³-hybridized carbons (Fsp3) is 0.167. The number of aromatic nitrogens is 4. The molecule has 0 aliphatic rings. The van der Waals surface area contributed by atoms with Crippen molar-refractivity contribution in [2.75, 3.05) is 11.1 Å². The van der Waals surface area contributed by atoms with Gasteiger partial charge in [0.15, 0.2) is 5.16 Å². The van der Waals surface area contributed by atoms with E-state index in [2.05, 4.69) is 20.5 Å². The van der Waals surface area contributed by atoms with Crippen LogP contribution in [-0.4, -0.2) is 31.2 Å². The summed E-state index contributed by atoms with van der Waals surface area (Å²) in [6.45, 7) is 4.04. The Morgan fingerprint density at radius 3 is 2.92 bits per heavy atom. The molecule has 0 aliphatic carbocycles. The Morgan fingerprint density at radius 2 is 2.04 bits per heavy atom. The molecule has 0 radical (unpaired) electrons. The summed E-state index contributed by atoms with van der Waals surface area (Å²) >= 11 is 1.38. The maximum atomic E-state index is 12.3. The molecular formula is C18H17N5OS. The van der Waals surface area contributed by atoms with Gasteiger partial charge < -0.3 is 5.32 Å². The van der Waals surface area contributed by atoms with E-state index in [9.17, 15) is 4.79 Å². The van der Waals surface area contributed by atoms with Crippen molar-refractivity contribution < 1.29 is 4.79 Å². The number of benzene rings is 2. The second-order valence-electron chi connectivity index (χ2n) is 5.85. The van der Waals surface area contributed by atoms with E-state index in [1.807, 2.05) is 60.7 Å². The molecule has 0 fully saturated rings. The molecule has 2 N–H and O–H groups in total. The van der Waals surface area contributed by atoms with Crippen LogP contribution in [0.25, 0.3) is 16.8 Å². The third-order valence-electron chi connectivity index (χ3n) is 4.21. The van der Waals surface area contributed by atoms with Crippen molar-refractivity contribution in [3.05, 3.63) is 53.6 Å². The van der Waals surface area contributed by atoms with Crippen LogP contribution >= 0.6 is 11.8 Å². The van der Waals surface area contributed by atoms with Crippen molar-refractivity contribution in [3.8, 4) is 0 Å². The lowest BCUT2D eigenvalue weighted by atomic mass is 10.1. The predicted molar refractivity (Wildman–Crippen MR) is 100 cm³/mol. The first kappa shape index (κ1) is 15.7. The highest BCUT2D eigenvalue weighted by molar-refractivity contribution is 7.99. The van der Waals surface area contributed by atoms with Gasteiger partial charge in [0.2, 0.25) is 11.7 Å². The first-order chi connectivity index (χ1) is 12.1. The van der Waals surface area contributed by atoms with Gasteiger partial charge in [-0.05, 0) is 43.2 Å². The normalized spacial score (nSPS) is 11.3. The van der Waals surface area contributed by atoms with Crippen LogP contribution in [0.3, 0.4) is 0 Å². The molecule has 0 spiro atoms. The Bertz CT molecular complexity index is 1080. The molecule has 0 saturated carbocycles. The van der Waals surface area contributed by atoms with Gasteiger partial charge in [0.05, 0.1) is 16.8 Å². The summed E-state index contributed by atoms with van der Waals surface area (Å²) in [7, 11) is 0. The van der Waals surface area contributed by atoms with Crippen molar-refractivity contribution in [2.45, 2.75) is 19.0 Å². The maximum absolute atomic E-state index is 12.3. The van der Waals surface area contributed by atoms with E-state index in [0.717, 1.165) is 33.0 Å². The first-order valence-corrected chi connectivity index (χ1v) is 8.92. The highest BCUT2D eigenvalue weighted by Crippen LogP contribution is 2.23. The van der Waals surface area contributed by atoms with Gasteiger partial charge in [-0.1, -0.05) is 36.0 Å². The van der Waals surface area contributed by atoms with Gasteiger partial charge in [-0.15, -0.1) is 5.10 Å². The van der Waals surface area contributed by atoms with Crippen LogP contribution < -0.4 is 5.32 Å². The molecule has 6 nitrogen and oxygen atoms in total. The van der Waals surface area contributed by atoms with Crippen LogP contribution in [-0.2, 0) is 4.79 Å². The van der Waals surface area contributed by atoms with Crippen molar-refractivity contribution >= 4 is 40.2 Å². The summed E-state index contributed by atoms with van der Waals surface area (Å²) in [5.41, 5.74) is 4.97. The Kier molecular flexibility index (Phi) is 3.93. The Hall–Kier alpha value is -2.80. The van der Waals surface area contributed by atoms with Crippen LogP contribution in [0.4, 0.5) is 5.69 Å². The summed E-state index contributed by atoms with van der Waals surface area (Å²) in [6.07, 6.45) is 0. The molecule has 0 atom stereocenters. The number of hydrogen-bond acceptors (Lipinski definition) is 4. The molecule has 25 heavy (non-hydrogen) atoms. The second kappa shape index (κ2) is 6.25. The lowest BCUT2D eigenvalue weighted by Gasteiger charge is -2.09. The van der Waals surface area contributed by atoms with Gasteiger partial charge >= 0.3 is 0 Å². The van der Waals surface area contributed by atoms with Crippen molar-refractivity contribution in [2.24, 2.45) is 0 Å². The van der Waals surface area contributed by atoms with Crippen molar-refractivity contribution in [1.29, 1.82) is 0 Å². The van der Waals surface area contributed by atoms with E-state index < -0.39 is 0 Å². The van der Waals surface area contributed by atoms with Gasteiger partial charge in [0.25, 0.3) is 0 Å². The number of aryl methyl sites for hydroxylation is 1. The highest BCUT2D eigenvalue weighted by Gasteiger charge is 2.14. The van der Waals surface area contributed by atoms with Crippen LogP contribution in [0.5, 0.6) is 0 Å². The number of imidazole rings is 1. The average Bonchev–Trinajstić information content (AvgIpc) is 3.16. The third-order valence-corrected chi connectivity index (χ3v) is 5.15. The number of amides is 1. The number of carbonyl (C=O) groups is 1. The Morgan fingerprint density at radius 1 is 1.20 bits per heavy atom. The summed E-state index contributed by atoms with van der Waals surface area (Å²) < 4.78 is 1.94. The van der Waals surface area contributed by atoms with Crippen LogP contribution in [0.2, 0.25) is 0 Å². The average molecular weight is 351 g/mol. The fourth-order valence-electron chi connectivity index (χ4n) is 2.74. The molecule has 4 rings (SSSR count). The molecule has 2 aromatic carbocycles. The SMILES string of the molecule is Cc1cccc(NC(=O)CSc2n[nH]c3nc4ccccc4n23)c1C. The molecule has 2 heterocycles. The molecule has 4 aromatic rings. The van der Waals surface area contributed by atoms with Crippen molar-refractivity contribution in [1.82, 2.24) is 19.6 Å². The quantitative estimate of drug-likeness (QED) is 0.551. The molecule has 0 bridgehead atoms. The van der Waals surface area contributed by atoms with E-state index in [4.69, 9.17) is 0 Å². The lowest BCUT2D eigenvalue weighted by molar-refractivity contribution is -0.113. The molecule has 126 valence electrons. The largest absolute Gasteiger partial charge is 0.325 e. The molecule has 7 heteroatoms. The summed E-state index contributed by atoms with van der Waals surface area (Å²) in [6, 6.07) is 13.8. The summed E-state index contributed by atoms with van der Waals surface area (Å²) in [5, 5.41) is 10.9. The third kappa shape index (κ3) is 2.87. The van der Waals surface area contributed by atoms with E-state index >= 15 is 0 Å². The number of para-hydroxylation sites is 2. The molecule has 0 aliphatic heterocycles. The van der Waals surface area contributed by atoms with Gasteiger partial charge in [0, 0.05) is 5.69 Å². The summed E-state index contributed by atoms with van der Waals surface area (Å²) in [5.74, 6) is 0.901. The molecule has 1 amide bonds. The molecular weight excluding hydrogens is 334 g/mol.